The summed E-state index contributed by atoms with van der Waals surface area (Å²) in [5.41, 5.74) is 0.636. The number of nitrogens with zero attached hydrogens (tertiary/aromatic N) is 1. The molecule has 90 valence electrons. The third-order valence-electron chi connectivity index (χ3n) is 2.12. The van der Waals surface area contributed by atoms with Gasteiger partial charge in [-0.2, -0.15) is 0 Å². The summed E-state index contributed by atoms with van der Waals surface area (Å²) in [5.74, 6) is 0.635. The number of rotatable bonds is 6. The molecule has 0 saturated carbocycles. The van der Waals surface area contributed by atoms with Crippen molar-refractivity contribution in [3.63, 3.8) is 0 Å². The number of oxazole rings is 1. The van der Waals surface area contributed by atoms with Crippen molar-refractivity contribution in [1.82, 2.24) is 15.6 Å². The van der Waals surface area contributed by atoms with Crippen molar-refractivity contribution in [2.75, 3.05) is 19.6 Å². The molecule has 0 atom stereocenters. The summed E-state index contributed by atoms with van der Waals surface area (Å²) in [6.45, 7) is 7.93. The Bertz CT molecular complexity index is 347. The van der Waals surface area contributed by atoms with Gasteiger partial charge in [0.2, 0.25) is 5.76 Å². The Hall–Kier alpha value is -1.36. The summed E-state index contributed by atoms with van der Waals surface area (Å²) in [6, 6.07) is 0. The lowest BCUT2D eigenvalue weighted by atomic mass is 10.3. The van der Waals surface area contributed by atoms with E-state index in [0.29, 0.717) is 23.9 Å². The molecule has 0 aliphatic carbocycles. The zero-order chi connectivity index (χ0) is 12.0. The van der Waals surface area contributed by atoms with Crippen LogP contribution in [0.5, 0.6) is 0 Å². The number of carbonyl (C=O) groups excluding carboxylic acids is 1. The number of hydrogen-bond acceptors (Lipinski definition) is 4. The molecule has 0 saturated heterocycles. The molecular weight excluding hydrogens is 206 g/mol. The van der Waals surface area contributed by atoms with Gasteiger partial charge in [0.05, 0.1) is 5.69 Å². The van der Waals surface area contributed by atoms with Crippen LogP contribution in [0.4, 0.5) is 0 Å². The van der Waals surface area contributed by atoms with Gasteiger partial charge in [-0.1, -0.05) is 6.92 Å². The molecule has 0 spiro atoms. The van der Waals surface area contributed by atoms with Gasteiger partial charge in [-0.05, 0) is 19.9 Å². The van der Waals surface area contributed by atoms with Crippen LogP contribution in [0.1, 0.15) is 35.5 Å². The van der Waals surface area contributed by atoms with Crippen molar-refractivity contribution in [1.29, 1.82) is 0 Å². The first-order valence-corrected chi connectivity index (χ1v) is 5.58. The van der Waals surface area contributed by atoms with E-state index in [2.05, 4.69) is 22.5 Å². The van der Waals surface area contributed by atoms with E-state index in [-0.39, 0.29) is 5.91 Å². The normalized spacial score (nSPS) is 10.4. The van der Waals surface area contributed by atoms with Crippen LogP contribution in [0.25, 0.3) is 0 Å². The molecule has 5 nitrogen and oxygen atoms in total. The lowest BCUT2D eigenvalue weighted by Crippen LogP contribution is -2.32. The zero-order valence-corrected chi connectivity index (χ0v) is 10.1. The minimum absolute atomic E-state index is 0.198. The second kappa shape index (κ2) is 6.27. The van der Waals surface area contributed by atoms with Gasteiger partial charge in [-0.25, -0.2) is 4.98 Å². The van der Waals surface area contributed by atoms with Gasteiger partial charge in [0, 0.05) is 20.0 Å². The molecule has 0 aliphatic heterocycles. The second-order valence-corrected chi connectivity index (χ2v) is 3.65. The average molecular weight is 225 g/mol. The molecule has 1 amide bonds. The van der Waals surface area contributed by atoms with Crippen LogP contribution in [-0.2, 0) is 0 Å². The fourth-order valence-corrected chi connectivity index (χ4v) is 1.39. The number of aromatic nitrogens is 1. The first-order chi connectivity index (χ1) is 7.65. The molecule has 0 unspecified atom stereocenters. The van der Waals surface area contributed by atoms with E-state index in [9.17, 15) is 4.79 Å². The summed E-state index contributed by atoms with van der Waals surface area (Å²) in [7, 11) is 0. The summed E-state index contributed by atoms with van der Waals surface area (Å²) in [5, 5.41) is 5.98. The van der Waals surface area contributed by atoms with Gasteiger partial charge < -0.3 is 15.1 Å². The average Bonchev–Trinajstić information content (AvgIpc) is 2.57. The van der Waals surface area contributed by atoms with Gasteiger partial charge in [-0.3, -0.25) is 4.79 Å². The molecule has 1 aromatic rings. The van der Waals surface area contributed by atoms with Crippen molar-refractivity contribution in [2.24, 2.45) is 0 Å². The van der Waals surface area contributed by atoms with E-state index >= 15 is 0 Å². The van der Waals surface area contributed by atoms with E-state index in [1.807, 2.05) is 0 Å². The monoisotopic (exact) mass is 225 g/mol. The van der Waals surface area contributed by atoms with Crippen LogP contribution >= 0.6 is 0 Å². The molecule has 1 aromatic heterocycles. The highest BCUT2D eigenvalue weighted by Gasteiger charge is 2.14. The Labute approximate surface area is 95.6 Å². The van der Waals surface area contributed by atoms with Gasteiger partial charge in [0.25, 0.3) is 5.91 Å². The van der Waals surface area contributed by atoms with Gasteiger partial charge in [0.1, 0.15) is 0 Å². The minimum atomic E-state index is -0.198. The summed E-state index contributed by atoms with van der Waals surface area (Å²) in [6.07, 6.45) is 1.09. The highest BCUT2D eigenvalue weighted by atomic mass is 16.4. The van der Waals surface area contributed by atoms with Crippen molar-refractivity contribution in [2.45, 2.75) is 27.2 Å². The van der Waals surface area contributed by atoms with Gasteiger partial charge in [-0.15, -0.1) is 0 Å². The van der Waals surface area contributed by atoms with Crippen molar-refractivity contribution < 1.29 is 9.21 Å². The number of hydrogen-bond donors (Lipinski definition) is 2. The third-order valence-corrected chi connectivity index (χ3v) is 2.12. The molecule has 1 rings (SSSR count). The number of amides is 1. The molecule has 0 aromatic carbocycles. The first-order valence-electron chi connectivity index (χ1n) is 5.58. The molecule has 0 radical (unpaired) electrons. The van der Waals surface area contributed by atoms with E-state index in [0.717, 1.165) is 19.5 Å². The molecule has 0 bridgehead atoms. The summed E-state index contributed by atoms with van der Waals surface area (Å²) in [4.78, 5) is 15.7. The van der Waals surface area contributed by atoms with Gasteiger partial charge >= 0.3 is 0 Å². The lowest BCUT2D eigenvalue weighted by molar-refractivity contribution is 0.0924. The van der Waals surface area contributed by atoms with Crippen LogP contribution in [0.2, 0.25) is 0 Å². The topological polar surface area (TPSA) is 67.2 Å². The smallest absolute Gasteiger partial charge is 0.289 e. The molecule has 0 fully saturated rings. The Morgan fingerprint density at radius 3 is 2.62 bits per heavy atom. The van der Waals surface area contributed by atoms with Crippen LogP contribution < -0.4 is 10.6 Å². The fourth-order valence-electron chi connectivity index (χ4n) is 1.39. The maximum atomic E-state index is 11.6. The Morgan fingerprint density at radius 2 is 2.06 bits per heavy atom. The highest BCUT2D eigenvalue weighted by Crippen LogP contribution is 2.08. The number of aryl methyl sites for hydroxylation is 2. The van der Waals surface area contributed by atoms with Crippen LogP contribution in [-0.4, -0.2) is 30.5 Å². The predicted molar refractivity (Wildman–Crippen MR) is 61.5 cm³/mol. The van der Waals surface area contributed by atoms with Crippen molar-refractivity contribution in [3.05, 3.63) is 17.3 Å². The van der Waals surface area contributed by atoms with Crippen LogP contribution in [0.15, 0.2) is 4.42 Å². The summed E-state index contributed by atoms with van der Waals surface area (Å²) >= 11 is 0. The minimum Gasteiger partial charge on any atom is -0.436 e. The van der Waals surface area contributed by atoms with Gasteiger partial charge in [0.15, 0.2) is 5.89 Å². The Kier molecular flexibility index (Phi) is 4.98. The molecule has 5 heteroatoms. The van der Waals surface area contributed by atoms with E-state index in [1.165, 1.54) is 0 Å². The van der Waals surface area contributed by atoms with E-state index < -0.39 is 0 Å². The molecular formula is C11H19N3O2. The quantitative estimate of drug-likeness (QED) is 0.709. The maximum absolute atomic E-state index is 11.6. The SMILES string of the molecule is CCCNCCNC(=O)c1oc(C)nc1C. The first kappa shape index (κ1) is 12.7. The number of nitrogens with one attached hydrogen (secondary N) is 2. The predicted octanol–water partition coefficient (Wildman–Crippen LogP) is 1.02. The van der Waals surface area contributed by atoms with Crippen molar-refractivity contribution >= 4 is 5.91 Å². The molecule has 16 heavy (non-hydrogen) atoms. The number of carbonyl (C=O) groups is 1. The molecule has 0 aliphatic rings. The van der Waals surface area contributed by atoms with E-state index in [4.69, 9.17) is 4.42 Å². The second-order valence-electron chi connectivity index (χ2n) is 3.65. The summed E-state index contributed by atoms with van der Waals surface area (Å²) < 4.78 is 5.21. The Morgan fingerprint density at radius 1 is 1.31 bits per heavy atom. The Balaban J connectivity index is 2.33. The molecule has 2 N–H and O–H groups in total. The lowest BCUT2D eigenvalue weighted by Gasteiger charge is -2.04. The zero-order valence-electron chi connectivity index (χ0n) is 10.1. The highest BCUT2D eigenvalue weighted by molar-refractivity contribution is 5.92. The maximum Gasteiger partial charge on any atom is 0.289 e. The fraction of sp³-hybridized carbons (Fsp3) is 0.636. The van der Waals surface area contributed by atoms with Crippen LogP contribution in [0, 0.1) is 13.8 Å². The van der Waals surface area contributed by atoms with E-state index in [1.54, 1.807) is 13.8 Å². The third kappa shape index (κ3) is 3.66. The van der Waals surface area contributed by atoms with Crippen LogP contribution in [0.3, 0.4) is 0 Å². The largest absolute Gasteiger partial charge is 0.436 e. The van der Waals surface area contributed by atoms with Crippen molar-refractivity contribution in [3.8, 4) is 0 Å². The standard InChI is InChI=1S/C11H19N3O2/c1-4-5-12-6-7-13-11(15)10-8(2)14-9(3)16-10/h12H,4-7H2,1-3H3,(H,13,15). The molecule has 1 heterocycles.